The van der Waals surface area contributed by atoms with E-state index in [4.69, 9.17) is 21.3 Å². The molecule has 3 heterocycles. The first-order valence-corrected chi connectivity index (χ1v) is 11.3. The van der Waals surface area contributed by atoms with E-state index < -0.39 is 0 Å². The third-order valence-electron chi connectivity index (χ3n) is 5.53. The Morgan fingerprint density at radius 2 is 1.90 bits per heavy atom. The fourth-order valence-corrected chi connectivity index (χ4v) is 4.89. The van der Waals surface area contributed by atoms with E-state index in [1.165, 1.54) is 11.3 Å². The van der Waals surface area contributed by atoms with E-state index in [1.54, 1.807) is 7.11 Å². The molecular formula is C23H21ClN4O2S. The number of halogens is 1. The van der Waals surface area contributed by atoms with Crippen molar-refractivity contribution in [2.75, 3.05) is 38.2 Å². The average molecular weight is 453 g/mol. The number of piperazine rings is 1. The number of thiazole rings is 1. The van der Waals surface area contributed by atoms with E-state index in [2.05, 4.69) is 11.0 Å². The number of amides is 1. The standard InChI is InChI=1S/C23H21ClN4O2S/c1-30-19-7-2-4-16(12-19)20-14-28-21(15-31-23(28)25-20)22(29)27-10-8-26(9-11-27)18-6-3-5-17(24)13-18/h2-7,12-15H,8-11H2,1H3. The molecular weight excluding hydrogens is 432 g/mol. The van der Waals surface area contributed by atoms with Crippen LogP contribution in [-0.4, -0.2) is 53.5 Å². The molecule has 0 radical (unpaired) electrons. The number of hydrogen-bond acceptors (Lipinski definition) is 5. The van der Waals surface area contributed by atoms with Crippen molar-refractivity contribution in [1.29, 1.82) is 0 Å². The van der Waals surface area contributed by atoms with E-state index in [0.717, 1.165) is 45.8 Å². The number of anilines is 1. The lowest BCUT2D eigenvalue weighted by Crippen LogP contribution is -2.49. The molecule has 0 bridgehead atoms. The molecule has 0 atom stereocenters. The van der Waals surface area contributed by atoms with Gasteiger partial charge in [0, 0.05) is 54.0 Å². The summed E-state index contributed by atoms with van der Waals surface area (Å²) in [6.45, 7) is 2.89. The molecule has 1 aliphatic heterocycles. The molecule has 4 aromatic rings. The monoisotopic (exact) mass is 452 g/mol. The van der Waals surface area contributed by atoms with E-state index in [-0.39, 0.29) is 5.91 Å². The summed E-state index contributed by atoms with van der Waals surface area (Å²) in [5.41, 5.74) is 3.53. The van der Waals surface area contributed by atoms with Crippen molar-refractivity contribution in [3.8, 4) is 17.0 Å². The minimum absolute atomic E-state index is 0.0339. The van der Waals surface area contributed by atoms with Crippen LogP contribution in [0.2, 0.25) is 5.02 Å². The van der Waals surface area contributed by atoms with Crippen LogP contribution in [0.15, 0.2) is 60.1 Å². The molecule has 0 aliphatic carbocycles. The summed E-state index contributed by atoms with van der Waals surface area (Å²) in [6, 6.07) is 15.6. The molecule has 1 amide bonds. The highest BCUT2D eigenvalue weighted by molar-refractivity contribution is 7.15. The zero-order valence-electron chi connectivity index (χ0n) is 17.0. The van der Waals surface area contributed by atoms with Crippen LogP contribution in [0.25, 0.3) is 16.2 Å². The van der Waals surface area contributed by atoms with Crippen molar-refractivity contribution >= 4 is 39.5 Å². The van der Waals surface area contributed by atoms with Crippen molar-refractivity contribution in [2.24, 2.45) is 0 Å². The third kappa shape index (κ3) is 3.86. The molecule has 8 heteroatoms. The fourth-order valence-electron chi connectivity index (χ4n) is 3.86. The third-order valence-corrected chi connectivity index (χ3v) is 6.61. The van der Waals surface area contributed by atoms with Crippen molar-refractivity contribution < 1.29 is 9.53 Å². The van der Waals surface area contributed by atoms with Crippen molar-refractivity contribution in [1.82, 2.24) is 14.3 Å². The second-order valence-electron chi connectivity index (χ2n) is 7.39. The highest BCUT2D eigenvalue weighted by Crippen LogP contribution is 2.27. The van der Waals surface area contributed by atoms with Gasteiger partial charge in [-0.25, -0.2) is 4.98 Å². The van der Waals surface area contributed by atoms with Gasteiger partial charge in [-0.3, -0.25) is 9.20 Å². The lowest BCUT2D eigenvalue weighted by molar-refractivity contribution is 0.0740. The van der Waals surface area contributed by atoms with E-state index in [1.807, 2.05) is 63.3 Å². The van der Waals surface area contributed by atoms with Gasteiger partial charge >= 0.3 is 0 Å². The average Bonchev–Trinajstić information content (AvgIpc) is 3.40. The minimum atomic E-state index is 0.0339. The summed E-state index contributed by atoms with van der Waals surface area (Å²) in [7, 11) is 1.65. The maximum atomic E-state index is 13.2. The van der Waals surface area contributed by atoms with Crippen molar-refractivity contribution in [2.45, 2.75) is 0 Å². The number of imidazole rings is 1. The van der Waals surface area contributed by atoms with Gasteiger partial charge in [0.1, 0.15) is 11.4 Å². The normalized spacial score (nSPS) is 14.3. The Morgan fingerprint density at radius 1 is 1.10 bits per heavy atom. The Labute approximate surface area is 189 Å². The molecule has 0 unspecified atom stereocenters. The van der Waals surface area contributed by atoms with Gasteiger partial charge in [-0.1, -0.05) is 29.8 Å². The number of aromatic nitrogens is 2. The van der Waals surface area contributed by atoms with Crippen LogP contribution in [0, 0.1) is 0 Å². The zero-order chi connectivity index (χ0) is 21.4. The predicted octanol–water partition coefficient (Wildman–Crippen LogP) is 4.69. The highest BCUT2D eigenvalue weighted by atomic mass is 35.5. The number of nitrogens with zero attached hydrogens (tertiary/aromatic N) is 4. The number of rotatable bonds is 4. The molecule has 0 spiro atoms. The number of hydrogen-bond donors (Lipinski definition) is 0. The lowest BCUT2D eigenvalue weighted by Gasteiger charge is -2.36. The maximum absolute atomic E-state index is 13.2. The molecule has 6 nitrogen and oxygen atoms in total. The Hall–Kier alpha value is -3.03. The van der Waals surface area contributed by atoms with Crippen LogP contribution < -0.4 is 9.64 Å². The first-order chi connectivity index (χ1) is 15.1. The summed E-state index contributed by atoms with van der Waals surface area (Å²) in [5, 5.41) is 2.62. The van der Waals surface area contributed by atoms with Crippen LogP contribution in [0.3, 0.4) is 0 Å². The van der Waals surface area contributed by atoms with Crippen LogP contribution >= 0.6 is 22.9 Å². The molecule has 0 saturated carbocycles. The molecule has 2 aromatic heterocycles. The summed E-state index contributed by atoms with van der Waals surface area (Å²) >= 11 is 7.60. The predicted molar refractivity (Wildman–Crippen MR) is 125 cm³/mol. The SMILES string of the molecule is COc1cccc(-c2cn3c(C(=O)N4CCN(c5cccc(Cl)c5)CC4)csc3n2)c1. The molecule has 1 aliphatic rings. The molecule has 1 saturated heterocycles. The zero-order valence-corrected chi connectivity index (χ0v) is 18.6. The van der Waals surface area contributed by atoms with E-state index >= 15 is 0 Å². The topological polar surface area (TPSA) is 50.1 Å². The van der Waals surface area contributed by atoms with Crippen LogP contribution in [0.5, 0.6) is 5.75 Å². The van der Waals surface area contributed by atoms with Gasteiger partial charge in [-0.2, -0.15) is 0 Å². The molecule has 5 rings (SSSR count). The van der Waals surface area contributed by atoms with Crippen molar-refractivity contribution in [3.63, 3.8) is 0 Å². The number of benzene rings is 2. The largest absolute Gasteiger partial charge is 0.497 e. The number of carbonyl (C=O) groups excluding carboxylic acids is 1. The van der Waals surface area contributed by atoms with Gasteiger partial charge in [-0.05, 0) is 30.3 Å². The Balaban J connectivity index is 1.34. The summed E-state index contributed by atoms with van der Waals surface area (Å²) in [5.74, 6) is 0.814. The van der Waals surface area contributed by atoms with Gasteiger partial charge < -0.3 is 14.5 Å². The van der Waals surface area contributed by atoms with Gasteiger partial charge in [0.05, 0.1) is 12.8 Å². The Kier molecular flexibility index (Phi) is 5.29. The molecule has 2 aromatic carbocycles. The molecule has 1 fully saturated rings. The molecule has 0 N–H and O–H groups in total. The number of ether oxygens (including phenoxy) is 1. The van der Waals surface area contributed by atoms with Crippen LogP contribution in [0.4, 0.5) is 5.69 Å². The highest BCUT2D eigenvalue weighted by Gasteiger charge is 2.25. The molecule has 31 heavy (non-hydrogen) atoms. The summed E-state index contributed by atoms with van der Waals surface area (Å²) in [6.07, 6.45) is 1.93. The smallest absolute Gasteiger partial charge is 0.271 e. The number of fused-ring (bicyclic) bond motifs is 1. The van der Waals surface area contributed by atoms with Gasteiger partial charge in [-0.15, -0.1) is 11.3 Å². The first-order valence-electron chi connectivity index (χ1n) is 10.0. The maximum Gasteiger partial charge on any atom is 0.271 e. The van der Waals surface area contributed by atoms with Crippen LogP contribution in [0.1, 0.15) is 10.5 Å². The number of methoxy groups -OCH3 is 1. The van der Waals surface area contributed by atoms with Gasteiger partial charge in [0.25, 0.3) is 5.91 Å². The van der Waals surface area contributed by atoms with Gasteiger partial charge in [0.15, 0.2) is 4.96 Å². The summed E-state index contributed by atoms with van der Waals surface area (Å²) in [4.78, 5) is 22.9. The van der Waals surface area contributed by atoms with Gasteiger partial charge in [0.2, 0.25) is 0 Å². The van der Waals surface area contributed by atoms with E-state index in [9.17, 15) is 4.79 Å². The molecule has 158 valence electrons. The first kappa shape index (κ1) is 19.9. The van der Waals surface area contributed by atoms with Crippen molar-refractivity contribution in [3.05, 3.63) is 70.8 Å². The Morgan fingerprint density at radius 3 is 2.68 bits per heavy atom. The number of carbonyl (C=O) groups is 1. The second kappa shape index (κ2) is 8.24. The summed E-state index contributed by atoms with van der Waals surface area (Å²) < 4.78 is 7.21. The van der Waals surface area contributed by atoms with E-state index in [0.29, 0.717) is 18.8 Å². The quantitative estimate of drug-likeness (QED) is 0.451. The Bertz CT molecular complexity index is 1240. The fraction of sp³-hybridized carbons (Fsp3) is 0.217. The second-order valence-corrected chi connectivity index (χ2v) is 8.66. The lowest BCUT2D eigenvalue weighted by atomic mass is 10.1. The van der Waals surface area contributed by atoms with Crippen LogP contribution in [-0.2, 0) is 0 Å². The minimum Gasteiger partial charge on any atom is -0.497 e.